The van der Waals surface area contributed by atoms with Crippen LogP contribution >= 0.6 is 0 Å². The average molecular weight is 376 g/mol. The van der Waals surface area contributed by atoms with Crippen LogP contribution in [0.15, 0.2) is 30.5 Å². The molecule has 2 aromatic rings. The summed E-state index contributed by atoms with van der Waals surface area (Å²) >= 11 is 0. The van der Waals surface area contributed by atoms with E-state index in [2.05, 4.69) is 20.9 Å². The molecule has 1 atom stereocenters. The van der Waals surface area contributed by atoms with Crippen LogP contribution in [0.4, 0.5) is 19.0 Å². The minimum absolute atomic E-state index is 0.134. The van der Waals surface area contributed by atoms with Crippen LogP contribution in [0.2, 0.25) is 0 Å². The number of alkyl halides is 3. The fourth-order valence-electron chi connectivity index (χ4n) is 3.13. The first-order chi connectivity index (χ1) is 12.9. The van der Waals surface area contributed by atoms with Gasteiger partial charge in [0.05, 0.1) is 12.2 Å². The summed E-state index contributed by atoms with van der Waals surface area (Å²) in [5.41, 5.74) is 0.387. The Morgan fingerprint density at radius 3 is 2.89 bits per heavy atom. The lowest BCUT2D eigenvalue weighted by Crippen LogP contribution is -2.38. The Labute approximate surface area is 155 Å². The number of hydrogen-bond acceptors (Lipinski definition) is 5. The second kappa shape index (κ2) is 7.82. The van der Waals surface area contributed by atoms with E-state index in [1.165, 1.54) is 6.07 Å². The molecule has 5 nitrogen and oxygen atoms in total. The molecule has 2 aromatic heterocycles. The minimum Gasteiger partial charge on any atom is -0.493 e. The number of nitrogens with zero attached hydrogens (tertiary/aromatic N) is 4. The zero-order chi connectivity index (χ0) is 19.4. The lowest BCUT2D eigenvalue weighted by Gasteiger charge is -2.34. The van der Waals surface area contributed by atoms with Crippen LogP contribution in [0.25, 0.3) is 0 Å². The summed E-state index contributed by atoms with van der Waals surface area (Å²) in [5.74, 6) is 0.946. The number of hydrogen-bond donors (Lipinski definition) is 0. The summed E-state index contributed by atoms with van der Waals surface area (Å²) in [6.45, 7) is 3.60. The minimum atomic E-state index is -4.49. The fraction of sp³-hybridized carbons (Fsp3) is 0.421. The van der Waals surface area contributed by atoms with Gasteiger partial charge in [0, 0.05) is 37.0 Å². The molecule has 1 aliphatic rings. The van der Waals surface area contributed by atoms with Crippen molar-refractivity contribution in [3.05, 3.63) is 47.4 Å². The number of piperidine rings is 1. The lowest BCUT2D eigenvalue weighted by atomic mass is 9.98. The summed E-state index contributed by atoms with van der Waals surface area (Å²) in [6, 6.07) is 8.06. The number of pyridine rings is 2. The van der Waals surface area contributed by atoms with E-state index in [1.807, 2.05) is 6.92 Å². The summed E-state index contributed by atoms with van der Waals surface area (Å²) < 4.78 is 43.8. The number of nitriles is 1. The van der Waals surface area contributed by atoms with Crippen LogP contribution in [0, 0.1) is 24.2 Å². The van der Waals surface area contributed by atoms with Gasteiger partial charge in [-0.1, -0.05) is 0 Å². The average Bonchev–Trinajstić information content (AvgIpc) is 2.66. The molecule has 0 radical (unpaired) electrons. The first-order valence-corrected chi connectivity index (χ1v) is 8.65. The maximum absolute atomic E-state index is 12.7. The number of ether oxygens (including phenoxy) is 1. The van der Waals surface area contributed by atoms with Crippen LogP contribution in [0.5, 0.6) is 5.75 Å². The topological polar surface area (TPSA) is 62.0 Å². The van der Waals surface area contributed by atoms with Crippen molar-refractivity contribution in [2.75, 3.05) is 24.6 Å². The monoisotopic (exact) mass is 376 g/mol. The van der Waals surface area contributed by atoms with E-state index in [1.54, 1.807) is 12.1 Å². The van der Waals surface area contributed by atoms with Crippen LogP contribution < -0.4 is 9.64 Å². The number of halogens is 3. The Balaban J connectivity index is 1.66. The smallest absolute Gasteiger partial charge is 0.433 e. The molecule has 0 amide bonds. The van der Waals surface area contributed by atoms with Gasteiger partial charge in [-0.2, -0.15) is 18.4 Å². The maximum atomic E-state index is 12.7. The third-order valence-corrected chi connectivity index (χ3v) is 4.46. The molecule has 1 fully saturated rings. The normalized spacial score (nSPS) is 17.4. The maximum Gasteiger partial charge on any atom is 0.433 e. The summed E-state index contributed by atoms with van der Waals surface area (Å²) in [7, 11) is 0. The molecule has 0 spiro atoms. The third kappa shape index (κ3) is 4.67. The van der Waals surface area contributed by atoms with Crippen LogP contribution in [-0.4, -0.2) is 29.7 Å². The fourth-order valence-corrected chi connectivity index (χ4v) is 3.13. The van der Waals surface area contributed by atoms with Gasteiger partial charge in [0.2, 0.25) is 0 Å². The molecular formula is C19H19F3N4O. The second-order valence-electron chi connectivity index (χ2n) is 6.58. The van der Waals surface area contributed by atoms with Gasteiger partial charge in [-0.15, -0.1) is 0 Å². The Morgan fingerprint density at radius 2 is 2.15 bits per heavy atom. The lowest BCUT2D eigenvalue weighted by molar-refractivity contribution is -0.141. The Kier molecular flexibility index (Phi) is 5.49. The molecule has 27 heavy (non-hydrogen) atoms. The molecule has 1 aliphatic heterocycles. The largest absolute Gasteiger partial charge is 0.493 e. The molecule has 3 rings (SSSR count). The van der Waals surface area contributed by atoms with Gasteiger partial charge in [0.1, 0.15) is 23.3 Å². The molecule has 142 valence electrons. The number of rotatable bonds is 4. The molecule has 1 saturated heterocycles. The van der Waals surface area contributed by atoms with Crippen molar-refractivity contribution < 1.29 is 17.9 Å². The summed E-state index contributed by atoms with van der Waals surface area (Å²) in [5, 5.41) is 9.31. The van der Waals surface area contributed by atoms with Gasteiger partial charge in [-0.05, 0) is 38.0 Å². The highest BCUT2D eigenvalue weighted by Gasteiger charge is 2.32. The van der Waals surface area contributed by atoms with Gasteiger partial charge >= 0.3 is 6.18 Å². The molecule has 0 aromatic carbocycles. The summed E-state index contributed by atoms with van der Waals surface area (Å²) in [6.07, 6.45) is -1.59. The van der Waals surface area contributed by atoms with E-state index >= 15 is 0 Å². The quantitative estimate of drug-likeness (QED) is 0.808. The Bertz CT molecular complexity index is 848. The van der Waals surface area contributed by atoms with Crippen molar-refractivity contribution >= 4 is 5.82 Å². The highest BCUT2D eigenvalue weighted by atomic mass is 19.4. The molecule has 3 heterocycles. The highest BCUT2D eigenvalue weighted by Crippen LogP contribution is 2.30. The van der Waals surface area contributed by atoms with Crippen molar-refractivity contribution in [2.45, 2.75) is 25.9 Å². The van der Waals surface area contributed by atoms with Gasteiger partial charge in [-0.3, -0.25) is 4.98 Å². The number of anilines is 1. The Morgan fingerprint density at radius 1 is 1.33 bits per heavy atom. The third-order valence-electron chi connectivity index (χ3n) is 4.46. The van der Waals surface area contributed by atoms with Crippen molar-refractivity contribution in [1.29, 1.82) is 5.26 Å². The second-order valence-corrected chi connectivity index (χ2v) is 6.58. The Hall–Kier alpha value is -2.82. The van der Waals surface area contributed by atoms with Crippen molar-refractivity contribution in [1.82, 2.24) is 9.97 Å². The SMILES string of the molecule is Cc1ccc(C#N)c(N2CCCC(COc3ccnc(C(F)(F)F)c3)C2)n1. The molecule has 0 aliphatic carbocycles. The van der Waals surface area contributed by atoms with Crippen LogP contribution in [-0.2, 0) is 6.18 Å². The van der Waals surface area contributed by atoms with Gasteiger partial charge in [0.15, 0.2) is 0 Å². The molecule has 0 saturated carbocycles. The molecule has 1 unspecified atom stereocenters. The number of aryl methyl sites for hydroxylation is 1. The molecule has 0 bridgehead atoms. The predicted molar refractivity (Wildman–Crippen MR) is 93.4 cm³/mol. The summed E-state index contributed by atoms with van der Waals surface area (Å²) in [4.78, 5) is 9.87. The van der Waals surface area contributed by atoms with E-state index in [4.69, 9.17) is 4.74 Å². The molecule has 0 N–H and O–H groups in total. The van der Waals surface area contributed by atoms with Crippen molar-refractivity contribution in [3.63, 3.8) is 0 Å². The van der Waals surface area contributed by atoms with Crippen LogP contribution in [0.1, 0.15) is 29.8 Å². The number of aromatic nitrogens is 2. The van der Waals surface area contributed by atoms with E-state index < -0.39 is 11.9 Å². The van der Waals surface area contributed by atoms with E-state index in [-0.39, 0.29) is 11.7 Å². The van der Waals surface area contributed by atoms with Gasteiger partial charge in [-0.25, -0.2) is 4.98 Å². The van der Waals surface area contributed by atoms with Crippen LogP contribution in [0.3, 0.4) is 0 Å². The molecular weight excluding hydrogens is 357 g/mol. The zero-order valence-electron chi connectivity index (χ0n) is 14.8. The first kappa shape index (κ1) is 19.0. The van der Waals surface area contributed by atoms with E-state index in [0.29, 0.717) is 24.5 Å². The van der Waals surface area contributed by atoms with Crippen molar-refractivity contribution in [2.24, 2.45) is 5.92 Å². The van der Waals surface area contributed by atoms with E-state index in [0.717, 1.165) is 37.3 Å². The molecule has 8 heteroatoms. The first-order valence-electron chi connectivity index (χ1n) is 8.65. The van der Waals surface area contributed by atoms with E-state index in [9.17, 15) is 18.4 Å². The van der Waals surface area contributed by atoms with Gasteiger partial charge < -0.3 is 9.64 Å². The standard InChI is InChI=1S/C19H19F3N4O/c1-13-4-5-15(10-23)18(25-13)26-8-2-3-14(11-26)12-27-16-6-7-24-17(9-16)19(20,21)22/h4-7,9,14H,2-3,8,11-12H2,1H3. The van der Waals surface area contributed by atoms with Crippen molar-refractivity contribution in [3.8, 4) is 11.8 Å². The zero-order valence-corrected chi connectivity index (χ0v) is 14.8. The predicted octanol–water partition coefficient (Wildman–Crippen LogP) is 3.97. The van der Waals surface area contributed by atoms with Gasteiger partial charge in [0.25, 0.3) is 0 Å². The highest BCUT2D eigenvalue weighted by molar-refractivity contribution is 5.54.